The molecule has 6 heteroatoms. The molecule has 6 heterocycles. The first-order valence-electron chi connectivity index (χ1n) is 22.4. The fourth-order valence-electron chi connectivity index (χ4n) is 11.1. The van der Waals surface area contributed by atoms with Crippen molar-refractivity contribution >= 4 is 83.6 Å². The first kappa shape index (κ1) is 35.5. The zero-order valence-corrected chi connectivity index (χ0v) is 35.6. The van der Waals surface area contributed by atoms with Crippen LogP contribution in [0.2, 0.25) is 0 Å². The van der Waals surface area contributed by atoms with Crippen molar-refractivity contribution in [2.24, 2.45) is 0 Å². The summed E-state index contributed by atoms with van der Waals surface area (Å²) < 4.78 is 18.0. The molecule has 308 valence electrons. The minimum absolute atomic E-state index is 0.175. The molecule has 0 saturated carbocycles. The van der Waals surface area contributed by atoms with Crippen LogP contribution in [0.1, 0.15) is 34.2 Å². The van der Waals surface area contributed by atoms with Gasteiger partial charge in [0.05, 0.1) is 44.8 Å². The predicted molar refractivity (Wildman–Crippen MR) is 268 cm³/mol. The molecule has 1 unspecified atom stereocenters. The van der Waals surface area contributed by atoms with Crippen LogP contribution in [0.25, 0.3) is 100 Å². The van der Waals surface area contributed by atoms with Crippen LogP contribution in [0.15, 0.2) is 202 Å². The van der Waals surface area contributed by atoms with Gasteiger partial charge in [-0.05, 0) is 108 Å². The maximum absolute atomic E-state index is 6.83. The molecular weight excluding hydrogens is 809 g/mol. The molecule has 15 rings (SSSR count). The molecule has 0 spiro atoms. The van der Waals surface area contributed by atoms with Crippen molar-refractivity contribution in [2.45, 2.75) is 13.1 Å². The molecule has 1 atom stereocenters. The summed E-state index contributed by atoms with van der Waals surface area (Å²) in [5.41, 5.74) is 26.3. The Bertz CT molecular complexity index is 4180. The maximum Gasteiger partial charge on any atom is 0.212 e. The molecule has 4 aromatic heterocycles. The number of fused-ring (bicyclic) bond motifs is 18. The van der Waals surface area contributed by atoms with E-state index in [0.717, 1.165) is 106 Å². The van der Waals surface area contributed by atoms with E-state index >= 15 is 0 Å². The smallest absolute Gasteiger partial charge is 0.212 e. The van der Waals surface area contributed by atoms with Crippen LogP contribution in [0.3, 0.4) is 0 Å². The summed E-state index contributed by atoms with van der Waals surface area (Å²) >= 11 is 0. The highest BCUT2D eigenvalue weighted by molar-refractivity contribution is 6.13. The van der Waals surface area contributed by atoms with Crippen molar-refractivity contribution in [3.8, 4) is 33.8 Å². The largest absolute Gasteiger partial charge is 0.455 e. The third-order valence-electron chi connectivity index (χ3n) is 14.0. The summed E-state index contributed by atoms with van der Waals surface area (Å²) in [5.74, 6) is 1.69. The Kier molecular flexibility index (Phi) is 7.04. The van der Waals surface area contributed by atoms with E-state index in [4.69, 9.17) is 8.83 Å². The minimum Gasteiger partial charge on any atom is -0.455 e. The Labute approximate surface area is 378 Å². The van der Waals surface area contributed by atoms with E-state index in [2.05, 4.69) is 202 Å². The van der Waals surface area contributed by atoms with E-state index in [0.29, 0.717) is 0 Å². The normalized spacial score (nSPS) is 14.5. The summed E-state index contributed by atoms with van der Waals surface area (Å²) in [6, 6.07) is 65.4. The van der Waals surface area contributed by atoms with E-state index in [1.54, 1.807) is 0 Å². The molecule has 0 amide bonds. The SMILES string of the molecule is Cc1ccc2c3cc(-c4ccc5c(c4)c4c(n5-c5ccccc5)-c5c(oc6ccccc56)N5c6ccccc6NC45)ccc3n(-c3ccc(C4=C=C=Cc5c4oc4ccccc54)cc3)c2c1. The molecule has 0 saturated heterocycles. The Balaban J connectivity index is 0.904. The van der Waals surface area contributed by atoms with E-state index < -0.39 is 0 Å². The topological polar surface area (TPSA) is 51.4 Å². The number of anilines is 3. The van der Waals surface area contributed by atoms with E-state index in [1.165, 1.54) is 32.8 Å². The standard InChI is InChI=1S/C60H36N4O2/c1-35-22-29-42-46-33-37(25-30-49(46)62(52(42)32-35)40-27-23-36(24-28-40)41-16-11-17-44-43-14-5-9-20-53(43)65-58(41)44)38-26-31-50-47(34-38)55-57(63(50)39-12-3-2-4-13-39)56-45-15-6-10-21-54(45)66-60(56)64-51-19-8-7-18-48(51)61-59(55)64/h2-10,12-15,17-34,59,61H,1H3. The average molecular weight is 845 g/mol. The first-order chi connectivity index (χ1) is 32.6. The average Bonchev–Trinajstić information content (AvgIpc) is 4.18. The Morgan fingerprint density at radius 2 is 1.21 bits per heavy atom. The molecule has 3 aliphatic rings. The predicted octanol–water partition coefficient (Wildman–Crippen LogP) is 15.7. The fourth-order valence-corrected chi connectivity index (χ4v) is 11.1. The van der Waals surface area contributed by atoms with Crippen molar-refractivity contribution < 1.29 is 8.83 Å². The Morgan fingerprint density at radius 1 is 0.530 bits per heavy atom. The van der Waals surface area contributed by atoms with Gasteiger partial charge in [0.15, 0.2) is 5.76 Å². The summed E-state index contributed by atoms with van der Waals surface area (Å²) in [7, 11) is 0. The molecule has 12 aromatic rings. The van der Waals surface area contributed by atoms with Gasteiger partial charge in [-0.2, -0.15) is 0 Å². The Morgan fingerprint density at radius 3 is 2.05 bits per heavy atom. The lowest BCUT2D eigenvalue weighted by molar-refractivity contribution is 0.590. The van der Waals surface area contributed by atoms with Gasteiger partial charge in [0, 0.05) is 55.5 Å². The maximum atomic E-state index is 6.83. The number of aryl methyl sites for hydroxylation is 1. The first-order valence-corrected chi connectivity index (χ1v) is 22.4. The van der Waals surface area contributed by atoms with Crippen LogP contribution in [-0.4, -0.2) is 9.13 Å². The molecule has 2 aliphatic heterocycles. The van der Waals surface area contributed by atoms with Crippen LogP contribution in [-0.2, 0) is 0 Å². The van der Waals surface area contributed by atoms with Crippen LogP contribution < -0.4 is 10.2 Å². The molecule has 66 heavy (non-hydrogen) atoms. The van der Waals surface area contributed by atoms with Crippen LogP contribution in [0, 0.1) is 6.92 Å². The summed E-state index contributed by atoms with van der Waals surface area (Å²) in [4.78, 5) is 2.36. The van der Waals surface area contributed by atoms with Crippen LogP contribution in [0.4, 0.5) is 17.3 Å². The van der Waals surface area contributed by atoms with Gasteiger partial charge in [-0.3, -0.25) is 4.90 Å². The van der Waals surface area contributed by atoms with Gasteiger partial charge in [0.1, 0.15) is 17.3 Å². The minimum atomic E-state index is -0.175. The zero-order chi connectivity index (χ0) is 43.2. The number of furan rings is 2. The Hall–Kier alpha value is -8.92. The second-order valence-corrected chi connectivity index (χ2v) is 17.6. The molecule has 6 nitrogen and oxygen atoms in total. The van der Waals surface area contributed by atoms with Gasteiger partial charge in [-0.1, -0.05) is 115 Å². The van der Waals surface area contributed by atoms with Gasteiger partial charge in [-0.25, -0.2) is 0 Å². The summed E-state index contributed by atoms with van der Waals surface area (Å²) in [6.45, 7) is 2.17. The van der Waals surface area contributed by atoms with E-state index in [-0.39, 0.29) is 6.17 Å². The lowest BCUT2D eigenvalue weighted by Gasteiger charge is -2.31. The van der Waals surface area contributed by atoms with Gasteiger partial charge >= 0.3 is 0 Å². The third-order valence-corrected chi connectivity index (χ3v) is 14.0. The second kappa shape index (κ2) is 13.1. The number of nitrogens with one attached hydrogen (secondary N) is 1. The van der Waals surface area contributed by atoms with E-state index in [9.17, 15) is 0 Å². The van der Waals surface area contributed by atoms with Crippen molar-refractivity contribution in [3.63, 3.8) is 0 Å². The van der Waals surface area contributed by atoms with Crippen LogP contribution in [0.5, 0.6) is 0 Å². The van der Waals surface area contributed by atoms with E-state index in [1.807, 2.05) is 24.3 Å². The number of para-hydroxylation sites is 5. The highest BCUT2D eigenvalue weighted by atomic mass is 16.4. The number of nitrogens with zero attached hydrogens (tertiary/aromatic N) is 3. The molecule has 0 radical (unpaired) electrons. The van der Waals surface area contributed by atoms with Crippen molar-refractivity contribution in [3.05, 3.63) is 221 Å². The van der Waals surface area contributed by atoms with Crippen molar-refractivity contribution in [1.29, 1.82) is 0 Å². The number of hydrogen-bond acceptors (Lipinski definition) is 4. The number of rotatable bonds is 4. The zero-order valence-electron chi connectivity index (χ0n) is 35.6. The van der Waals surface area contributed by atoms with Gasteiger partial charge in [0.2, 0.25) is 5.88 Å². The fraction of sp³-hybridized carbons (Fsp3) is 0.0333. The number of aromatic nitrogens is 2. The van der Waals surface area contributed by atoms with Crippen molar-refractivity contribution in [1.82, 2.24) is 9.13 Å². The molecule has 8 aromatic carbocycles. The second-order valence-electron chi connectivity index (χ2n) is 17.6. The van der Waals surface area contributed by atoms with Gasteiger partial charge in [0.25, 0.3) is 0 Å². The quantitative estimate of drug-likeness (QED) is 0.179. The number of benzene rings is 8. The van der Waals surface area contributed by atoms with Crippen LogP contribution >= 0.6 is 0 Å². The molecule has 1 N–H and O–H groups in total. The highest BCUT2D eigenvalue weighted by Crippen LogP contribution is 2.59. The molecule has 0 fully saturated rings. The molecule has 1 aliphatic carbocycles. The number of hydrogen-bond donors (Lipinski definition) is 1. The van der Waals surface area contributed by atoms with Crippen molar-refractivity contribution in [2.75, 3.05) is 10.2 Å². The monoisotopic (exact) mass is 844 g/mol. The van der Waals surface area contributed by atoms with Gasteiger partial charge in [-0.15, -0.1) is 0 Å². The third kappa shape index (κ3) is 4.81. The molecule has 0 bridgehead atoms. The molecular formula is C60H36N4O2. The lowest BCUT2D eigenvalue weighted by Crippen LogP contribution is -2.27. The summed E-state index contributed by atoms with van der Waals surface area (Å²) in [6.07, 6.45) is 1.79. The highest BCUT2D eigenvalue weighted by Gasteiger charge is 2.44. The summed E-state index contributed by atoms with van der Waals surface area (Å²) in [5, 5.41) is 9.74. The lowest BCUT2D eigenvalue weighted by atomic mass is 9.95. The van der Waals surface area contributed by atoms with Gasteiger partial charge < -0.3 is 23.3 Å².